The van der Waals surface area contributed by atoms with E-state index >= 15 is 0 Å². The number of nitrogens with one attached hydrogen (secondary N) is 1. The molecule has 1 atom stereocenters. The maximum atomic E-state index is 12.0. The Morgan fingerprint density at radius 2 is 2.11 bits per heavy atom. The Morgan fingerprint density at radius 3 is 2.68 bits per heavy atom. The van der Waals surface area contributed by atoms with Gasteiger partial charge in [-0.1, -0.05) is 0 Å². The molecule has 0 bridgehead atoms. The number of amides is 1. The first-order valence-corrected chi connectivity index (χ1v) is 5.90. The topological polar surface area (TPSA) is 90.6 Å². The van der Waals surface area contributed by atoms with Crippen molar-refractivity contribution >= 4 is 17.6 Å². The van der Waals surface area contributed by atoms with Gasteiger partial charge in [-0.2, -0.15) is 0 Å². The highest BCUT2D eigenvalue weighted by Crippen LogP contribution is 2.19. The fraction of sp³-hybridized carbons (Fsp3) is 0.385. The molecule has 19 heavy (non-hydrogen) atoms. The monoisotopic (exact) mass is 266 g/mol. The van der Waals surface area contributed by atoms with Crippen LogP contribution < -0.4 is 15.8 Å². The number of rotatable bonds is 5. The van der Waals surface area contributed by atoms with E-state index in [4.69, 9.17) is 15.2 Å². The van der Waals surface area contributed by atoms with Crippen LogP contribution >= 0.6 is 0 Å². The first-order valence-electron chi connectivity index (χ1n) is 5.90. The van der Waals surface area contributed by atoms with Crippen molar-refractivity contribution in [2.24, 2.45) is 0 Å². The van der Waals surface area contributed by atoms with Crippen LogP contribution in [0.1, 0.15) is 24.2 Å². The van der Waals surface area contributed by atoms with Crippen molar-refractivity contribution in [2.75, 3.05) is 19.5 Å². The van der Waals surface area contributed by atoms with Crippen molar-refractivity contribution in [1.29, 1.82) is 0 Å². The van der Waals surface area contributed by atoms with E-state index in [1.54, 1.807) is 26.0 Å². The summed E-state index contributed by atoms with van der Waals surface area (Å²) in [7, 11) is 1.49. The number of ether oxygens (including phenoxy) is 2. The van der Waals surface area contributed by atoms with Crippen molar-refractivity contribution in [1.82, 2.24) is 5.32 Å². The van der Waals surface area contributed by atoms with Crippen LogP contribution in [0, 0.1) is 0 Å². The van der Waals surface area contributed by atoms with E-state index in [0.29, 0.717) is 11.4 Å². The molecule has 6 heteroatoms. The molecule has 0 spiro atoms. The summed E-state index contributed by atoms with van der Waals surface area (Å²) in [5.41, 5.74) is 6.30. The number of nitrogen functional groups attached to an aromatic ring is 1. The van der Waals surface area contributed by atoms with E-state index in [9.17, 15) is 9.59 Å². The van der Waals surface area contributed by atoms with Crippen molar-refractivity contribution in [2.45, 2.75) is 19.9 Å². The van der Waals surface area contributed by atoms with Crippen LogP contribution in [0.4, 0.5) is 5.69 Å². The van der Waals surface area contributed by atoms with Gasteiger partial charge in [0, 0.05) is 5.69 Å². The van der Waals surface area contributed by atoms with Crippen molar-refractivity contribution in [3.63, 3.8) is 0 Å². The molecule has 1 aromatic carbocycles. The zero-order valence-electron chi connectivity index (χ0n) is 11.2. The van der Waals surface area contributed by atoms with E-state index in [1.165, 1.54) is 13.2 Å². The van der Waals surface area contributed by atoms with Gasteiger partial charge < -0.3 is 20.5 Å². The Hall–Kier alpha value is -2.24. The number of esters is 1. The zero-order chi connectivity index (χ0) is 14.4. The largest absolute Gasteiger partial charge is 0.497 e. The lowest BCUT2D eigenvalue weighted by Crippen LogP contribution is -2.39. The Bertz CT molecular complexity index is 474. The number of hydrogen-bond donors (Lipinski definition) is 2. The fourth-order valence-corrected chi connectivity index (χ4v) is 1.46. The molecule has 0 aliphatic rings. The highest BCUT2D eigenvalue weighted by atomic mass is 16.5. The van der Waals surface area contributed by atoms with Gasteiger partial charge in [0.05, 0.1) is 19.3 Å². The number of hydrogen-bond acceptors (Lipinski definition) is 5. The Labute approximate surface area is 111 Å². The predicted octanol–water partition coefficient (Wildman–Crippen LogP) is 0.959. The molecular formula is C13H18N2O4. The highest BCUT2D eigenvalue weighted by Gasteiger charge is 2.19. The van der Waals surface area contributed by atoms with Crippen LogP contribution in [0.15, 0.2) is 18.2 Å². The molecule has 1 unspecified atom stereocenters. The molecule has 0 heterocycles. The van der Waals surface area contributed by atoms with Crippen molar-refractivity contribution in [3.05, 3.63) is 23.8 Å². The second-order valence-electron chi connectivity index (χ2n) is 3.90. The lowest BCUT2D eigenvalue weighted by Gasteiger charge is -2.14. The summed E-state index contributed by atoms with van der Waals surface area (Å²) in [5.74, 6) is -0.419. The highest BCUT2D eigenvalue weighted by molar-refractivity contribution is 6.01. The molecular weight excluding hydrogens is 248 g/mol. The molecule has 1 amide bonds. The minimum Gasteiger partial charge on any atom is -0.497 e. The van der Waals surface area contributed by atoms with Crippen LogP contribution in [-0.4, -0.2) is 31.6 Å². The van der Waals surface area contributed by atoms with Gasteiger partial charge in [-0.3, -0.25) is 4.79 Å². The summed E-state index contributed by atoms with van der Waals surface area (Å²) < 4.78 is 9.83. The molecule has 1 aromatic rings. The summed E-state index contributed by atoms with van der Waals surface area (Å²) in [6.45, 7) is 3.51. The first kappa shape index (κ1) is 14.8. The zero-order valence-corrected chi connectivity index (χ0v) is 11.2. The second kappa shape index (κ2) is 6.63. The number of nitrogens with two attached hydrogens (primary N) is 1. The third-order valence-corrected chi connectivity index (χ3v) is 2.49. The van der Waals surface area contributed by atoms with Gasteiger partial charge in [-0.05, 0) is 32.0 Å². The first-order chi connectivity index (χ1) is 8.99. The maximum Gasteiger partial charge on any atom is 0.328 e. The molecule has 1 rings (SSSR count). The number of methoxy groups -OCH3 is 1. The minimum atomic E-state index is -0.738. The molecule has 3 N–H and O–H groups in total. The Kier molecular flexibility index (Phi) is 5.17. The lowest BCUT2D eigenvalue weighted by molar-refractivity contribution is -0.144. The Balaban J connectivity index is 2.80. The van der Waals surface area contributed by atoms with Crippen LogP contribution in [0.3, 0.4) is 0 Å². The van der Waals surface area contributed by atoms with Crippen molar-refractivity contribution < 1.29 is 19.1 Å². The molecule has 6 nitrogen and oxygen atoms in total. The van der Waals surface area contributed by atoms with Crippen LogP contribution in [0.2, 0.25) is 0 Å². The number of benzene rings is 1. The molecule has 0 aliphatic heterocycles. The van der Waals surface area contributed by atoms with Crippen LogP contribution in [-0.2, 0) is 9.53 Å². The van der Waals surface area contributed by atoms with Crippen LogP contribution in [0.5, 0.6) is 5.75 Å². The summed E-state index contributed by atoms with van der Waals surface area (Å²) >= 11 is 0. The average molecular weight is 266 g/mol. The minimum absolute atomic E-state index is 0.260. The quantitative estimate of drug-likeness (QED) is 0.612. The smallest absolute Gasteiger partial charge is 0.328 e. The van der Waals surface area contributed by atoms with E-state index < -0.39 is 17.9 Å². The molecule has 0 saturated carbocycles. The Morgan fingerprint density at radius 1 is 1.42 bits per heavy atom. The second-order valence-corrected chi connectivity index (χ2v) is 3.90. The van der Waals surface area contributed by atoms with Gasteiger partial charge in [-0.15, -0.1) is 0 Å². The number of anilines is 1. The van der Waals surface area contributed by atoms with Gasteiger partial charge in [0.1, 0.15) is 11.8 Å². The number of carbonyl (C=O) groups excluding carboxylic acids is 2. The van der Waals surface area contributed by atoms with Gasteiger partial charge in [-0.25, -0.2) is 4.79 Å². The standard InChI is InChI=1S/C13H18N2O4/c1-4-19-13(17)8(2)15-12(16)10-7-9(18-3)5-6-11(10)14/h5-8H,4,14H2,1-3H3,(H,15,16). The van der Waals surface area contributed by atoms with E-state index in [1.807, 2.05) is 0 Å². The summed E-state index contributed by atoms with van der Waals surface area (Å²) in [5, 5.41) is 2.52. The summed E-state index contributed by atoms with van der Waals surface area (Å²) in [4.78, 5) is 23.4. The predicted molar refractivity (Wildman–Crippen MR) is 71.0 cm³/mol. The average Bonchev–Trinajstić information content (AvgIpc) is 2.39. The van der Waals surface area contributed by atoms with E-state index in [-0.39, 0.29) is 12.2 Å². The fourth-order valence-electron chi connectivity index (χ4n) is 1.46. The molecule has 0 aromatic heterocycles. The molecule has 104 valence electrons. The van der Waals surface area contributed by atoms with Gasteiger partial charge >= 0.3 is 5.97 Å². The molecule has 0 radical (unpaired) electrons. The third kappa shape index (κ3) is 3.87. The van der Waals surface area contributed by atoms with Gasteiger partial charge in [0.25, 0.3) is 5.91 Å². The van der Waals surface area contributed by atoms with Gasteiger partial charge in [0.2, 0.25) is 0 Å². The molecule has 0 saturated heterocycles. The van der Waals surface area contributed by atoms with E-state index in [0.717, 1.165) is 0 Å². The number of carbonyl (C=O) groups is 2. The van der Waals surface area contributed by atoms with E-state index in [2.05, 4.69) is 5.32 Å². The van der Waals surface area contributed by atoms with Crippen molar-refractivity contribution in [3.8, 4) is 5.75 Å². The molecule has 0 fully saturated rings. The maximum absolute atomic E-state index is 12.0. The summed E-state index contributed by atoms with van der Waals surface area (Å²) in [6, 6.07) is 4.00. The lowest BCUT2D eigenvalue weighted by atomic mass is 10.1. The normalized spacial score (nSPS) is 11.5. The SMILES string of the molecule is CCOC(=O)C(C)NC(=O)c1cc(OC)ccc1N. The summed E-state index contributed by atoms with van der Waals surface area (Å²) in [6.07, 6.45) is 0. The van der Waals surface area contributed by atoms with Gasteiger partial charge in [0.15, 0.2) is 0 Å². The molecule has 0 aliphatic carbocycles. The van der Waals surface area contributed by atoms with Crippen LogP contribution in [0.25, 0.3) is 0 Å². The third-order valence-electron chi connectivity index (χ3n) is 2.49.